The number of aromatic nitrogens is 4. The van der Waals surface area contributed by atoms with Crippen molar-refractivity contribution in [3.8, 4) is 0 Å². The summed E-state index contributed by atoms with van der Waals surface area (Å²) in [6.07, 6.45) is 4.61. The van der Waals surface area contributed by atoms with E-state index in [2.05, 4.69) is 20.4 Å². The van der Waals surface area contributed by atoms with Gasteiger partial charge in [-0.2, -0.15) is 5.10 Å². The molecule has 2 heterocycles. The van der Waals surface area contributed by atoms with Crippen molar-refractivity contribution < 1.29 is 9.90 Å². The summed E-state index contributed by atoms with van der Waals surface area (Å²) in [5.74, 6) is 0.639. The van der Waals surface area contributed by atoms with Gasteiger partial charge in [0.15, 0.2) is 0 Å². The zero-order valence-corrected chi connectivity index (χ0v) is 10.6. The molecule has 0 aliphatic rings. The lowest BCUT2D eigenvalue weighted by molar-refractivity contribution is 0.0696. The minimum Gasteiger partial charge on any atom is -0.478 e. The van der Waals surface area contributed by atoms with Gasteiger partial charge in [0.2, 0.25) is 0 Å². The topological polar surface area (TPSA) is 92.9 Å². The summed E-state index contributed by atoms with van der Waals surface area (Å²) in [5, 5.41) is 15.9. The predicted molar refractivity (Wildman–Crippen MR) is 69.0 cm³/mol. The summed E-state index contributed by atoms with van der Waals surface area (Å²) in [4.78, 5) is 18.8. The number of hydrogen-bond donors (Lipinski definition) is 2. The highest BCUT2D eigenvalue weighted by atomic mass is 16.4. The highest BCUT2D eigenvalue weighted by Gasteiger charge is 2.03. The largest absolute Gasteiger partial charge is 0.478 e. The molecule has 2 aromatic heterocycles. The highest BCUT2D eigenvalue weighted by molar-refractivity contribution is 5.87. The highest BCUT2D eigenvalue weighted by Crippen LogP contribution is 2.05. The van der Waals surface area contributed by atoms with E-state index in [4.69, 9.17) is 5.11 Å². The van der Waals surface area contributed by atoms with E-state index in [1.807, 2.05) is 7.05 Å². The maximum absolute atomic E-state index is 10.7. The molecule has 7 heteroatoms. The number of aryl methyl sites for hydroxylation is 2. The summed E-state index contributed by atoms with van der Waals surface area (Å²) in [7, 11) is 1.86. The smallest absolute Gasteiger partial charge is 0.337 e. The molecule has 0 spiro atoms. The van der Waals surface area contributed by atoms with Crippen LogP contribution in [0.4, 0.5) is 5.82 Å². The average molecular weight is 261 g/mol. The van der Waals surface area contributed by atoms with E-state index in [0.29, 0.717) is 5.82 Å². The van der Waals surface area contributed by atoms with Crippen LogP contribution in [0.3, 0.4) is 0 Å². The van der Waals surface area contributed by atoms with Crippen LogP contribution in [0.2, 0.25) is 0 Å². The number of anilines is 1. The van der Waals surface area contributed by atoms with Gasteiger partial charge in [0, 0.05) is 26.2 Å². The Labute approximate surface area is 110 Å². The second kappa shape index (κ2) is 5.94. The fraction of sp³-hybridized carbons (Fsp3) is 0.333. The molecule has 2 aromatic rings. The number of pyridine rings is 1. The van der Waals surface area contributed by atoms with Gasteiger partial charge in [0.05, 0.1) is 5.56 Å². The zero-order chi connectivity index (χ0) is 13.7. The number of aromatic carboxylic acids is 1. The van der Waals surface area contributed by atoms with Crippen LogP contribution in [0.5, 0.6) is 0 Å². The average Bonchev–Trinajstić information content (AvgIpc) is 2.81. The van der Waals surface area contributed by atoms with E-state index in [-0.39, 0.29) is 5.56 Å². The van der Waals surface area contributed by atoms with Crippen LogP contribution >= 0.6 is 0 Å². The Kier molecular flexibility index (Phi) is 4.07. The van der Waals surface area contributed by atoms with Gasteiger partial charge in [0.25, 0.3) is 0 Å². The van der Waals surface area contributed by atoms with Gasteiger partial charge in [-0.1, -0.05) is 0 Å². The quantitative estimate of drug-likeness (QED) is 0.752. The molecule has 7 nitrogen and oxygen atoms in total. The Morgan fingerprint density at radius 3 is 2.84 bits per heavy atom. The van der Waals surface area contributed by atoms with Gasteiger partial charge in [-0.25, -0.2) is 14.8 Å². The van der Waals surface area contributed by atoms with E-state index in [9.17, 15) is 4.79 Å². The zero-order valence-electron chi connectivity index (χ0n) is 10.6. The number of carboxylic acid groups (broad SMARTS) is 1. The molecule has 100 valence electrons. The van der Waals surface area contributed by atoms with Crippen LogP contribution in [-0.2, 0) is 13.5 Å². The first-order chi connectivity index (χ1) is 9.16. The molecule has 0 radical (unpaired) electrons. The van der Waals surface area contributed by atoms with Crippen molar-refractivity contribution in [3.05, 3.63) is 36.0 Å². The SMILES string of the molecule is Cn1ncnc1CCCNc1ccc(C(=O)O)cn1. The molecule has 0 aromatic carbocycles. The fourth-order valence-electron chi connectivity index (χ4n) is 1.63. The molecule has 19 heavy (non-hydrogen) atoms. The molecule has 0 aliphatic carbocycles. The van der Waals surface area contributed by atoms with Crippen molar-refractivity contribution in [3.63, 3.8) is 0 Å². The van der Waals surface area contributed by atoms with Gasteiger partial charge < -0.3 is 10.4 Å². The van der Waals surface area contributed by atoms with Gasteiger partial charge in [-0.3, -0.25) is 4.68 Å². The normalized spacial score (nSPS) is 10.4. The molecule has 0 saturated heterocycles. The Morgan fingerprint density at radius 1 is 1.42 bits per heavy atom. The molecule has 0 bridgehead atoms. The first kappa shape index (κ1) is 13.0. The van der Waals surface area contributed by atoms with Crippen LogP contribution in [0, 0.1) is 0 Å². The molecule has 2 N–H and O–H groups in total. The molecule has 0 amide bonds. The van der Waals surface area contributed by atoms with Gasteiger partial charge in [-0.15, -0.1) is 0 Å². The van der Waals surface area contributed by atoms with Crippen molar-refractivity contribution in [1.29, 1.82) is 0 Å². The summed E-state index contributed by atoms with van der Waals surface area (Å²) in [6.45, 7) is 0.742. The van der Waals surface area contributed by atoms with Gasteiger partial charge in [0.1, 0.15) is 18.0 Å². The monoisotopic (exact) mass is 261 g/mol. The number of carboxylic acids is 1. The maximum atomic E-state index is 10.7. The minimum absolute atomic E-state index is 0.185. The lowest BCUT2D eigenvalue weighted by atomic mass is 10.2. The molecular weight excluding hydrogens is 246 g/mol. The molecule has 0 unspecified atom stereocenters. The summed E-state index contributed by atoms with van der Waals surface area (Å²) in [6, 6.07) is 3.19. The molecule has 2 rings (SSSR count). The van der Waals surface area contributed by atoms with Crippen molar-refractivity contribution in [2.24, 2.45) is 7.05 Å². The standard InChI is InChI=1S/C12H15N5O2/c1-17-11(15-8-16-17)3-2-6-13-10-5-4-9(7-14-10)12(18)19/h4-5,7-8H,2-3,6H2,1H3,(H,13,14)(H,18,19). The lowest BCUT2D eigenvalue weighted by Crippen LogP contribution is -2.07. The third-order valence-electron chi connectivity index (χ3n) is 2.70. The second-order valence-corrected chi connectivity index (χ2v) is 4.07. The molecule has 0 saturated carbocycles. The molecule has 0 atom stereocenters. The summed E-state index contributed by atoms with van der Waals surface area (Å²) in [5.41, 5.74) is 0.185. The molecule has 0 aliphatic heterocycles. The van der Waals surface area contributed by atoms with Crippen molar-refractivity contribution >= 4 is 11.8 Å². The van der Waals surface area contributed by atoms with Crippen LogP contribution in [0.25, 0.3) is 0 Å². The third kappa shape index (κ3) is 3.51. The van der Waals surface area contributed by atoms with Crippen LogP contribution in [0.1, 0.15) is 22.6 Å². The third-order valence-corrected chi connectivity index (χ3v) is 2.70. The van der Waals surface area contributed by atoms with Crippen LogP contribution in [0.15, 0.2) is 24.7 Å². The summed E-state index contributed by atoms with van der Waals surface area (Å²) >= 11 is 0. The summed E-state index contributed by atoms with van der Waals surface area (Å²) < 4.78 is 1.75. The van der Waals surface area contributed by atoms with Crippen molar-refractivity contribution in [2.45, 2.75) is 12.8 Å². The lowest BCUT2D eigenvalue weighted by Gasteiger charge is -2.05. The van der Waals surface area contributed by atoms with Crippen molar-refractivity contribution in [2.75, 3.05) is 11.9 Å². The Hall–Kier alpha value is -2.44. The molecular formula is C12H15N5O2. The number of rotatable bonds is 6. The van der Waals surface area contributed by atoms with Gasteiger partial charge in [-0.05, 0) is 18.6 Å². The Morgan fingerprint density at radius 2 is 2.26 bits per heavy atom. The van der Waals surface area contributed by atoms with E-state index in [1.54, 1.807) is 10.7 Å². The number of hydrogen-bond acceptors (Lipinski definition) is 5. The fourth-order valence-corrected chi connectivity index (χ4v) is 1.63. The Bertz CT molecular complexity index is 550. The van der Waals surface area contributed by atoms with E-state index in [0.717, 1.165) is 25.2 Å². The van der Waals surface area contributed by atoms with Crippen LogP contribution in [-0.4, -0.2) is 37.4 Å². The molecule has 0 fully saturated rings. The van der Waals surface area contributed by atoms with Crippen LogP contribution < -0.4 is 5.32 Å². The minimum atomic E-state index is -0.971. The Balaban J connectivity index is 1.76. The number of carbonyl (C=O) groups is 1. The maximum Gasteiger partial charge on any atom is 0.337 e. The van der Waals surface area contributed by atoms with E-state index >= 15 is 0 Å². The van der Waals surface area contributed by atoms with Gasteiger partial charge >= 0.3 is 5.97 Å². The van der Waals surface area contributed by atoms with Crippen molar-refractivity contribution in [1.82, 2.24) is 19.7 Å². The first-order valence-electron chi connectivity index (χ1n) is 5.93. The first-order valence-corrected chi connectivity index (χ1v) is 5.93. The van der Waals surface area contributed by atoms with E-state index < -0.39 is 5.97 Å². The second-order valence-electron chi connectivity index (χ2n) is 4.07. The van der Waals surface area contributed by atoms with E-state index in [1.165, 1.54) is 18.6 Å². The number of nitrogens with one attached hydrogen (secondary N) is 1. The predicted octanol–water partition coefficient (Wildman–Crippen LogP) is 0.953. The number of nitrogens with zero attached hydrogens (tertiary/aromatic N) is 4.